The molecule has 0 saturated heterocycles. The van der Waals surface area contributed by atoms with Gasteiger partial charge >= 0.3 is 17.9 Å². The summed E-state index contributed by atoms with van der Waals surface area (Å²) >= 11 is 0. The molecule has 2 aromatic heterocycles. The third-order valence-electron chi connectivity index (χ3n) is 13.4. The topological polar surface area (TPSA) is 338 Å². The first kappa shape index (κ1) is 78.1. The number of aryl methyl sites for hydroxylation is 1. The molecule has 0 unspecified atom stereocenters. The molecule has 4 aromatic carbocycles. The van der Waals surface area contributed by atoms with Crippen molar-refractivity contribution < 1.29 is 85.2 Å². The van der Waals surface area contributed by atoms with Crippen LogP contribution in [-0.4, -0.2) is 161 Å². The average molecular weight is 1320 g/mol. The molecule has 502 valence electrons. The Balaban J connectivity index is 0.000000362. The molecule has 0 aliphatic carbocycles. The Bertz CT molecular complexity index is 3640. The van der Waals surface area contributed by atoms with Gasteiger partial charge < -0.3 is 45.2 Å². The molecule has 0 bridgehead atoms. The molecule has 6 rings (SSSR count). The van der Waals surface area contributed by atoms with Gasteiger partial charge in [-0.2, -0.15) is 0 Å². The molecule has 2 heterocycles. The molecule has 92 heavy (non-hydrogen) atoms. The van der Waals surface area contributed by atoms with E-state index in [1.807, 2.05) is 84.0 Å². The summed E-state index contributed by atoms with van der Waals surface area (Å²) in [6, 6.07) is 27.3. The van der Waals surface area contributed by atoms with Crippen molar-refractivity contribution in [3.63, 3.8) is 0 Å². The number of carboxylic acids is 3. The lowest BCUT2D eigenvalue weighted by Crippen LogP contribution is -2.27. The van der Waals surface area contributed by atoms with Gasteiger partial charge in [0, 0.05) is 68.6 Å². The van der Waals surface area contributed by atoms with Crippen molar-refractivity contribution in [2.45, 2.75) is 136 Å². The quantitative estimate of drug-likeness (QED) is 0.0230. The Morgan fingerprint density at radius 1 is 0.620 bits per heavy atom. The zero-order valence-corrected chi connectivity index (χ0v) is 55.4. The number of aliphatic carboxylic acids is 3. The Labute approximate surface area is 537 Å². The van der Waals surface area contributed by atoms with E-state index < -0.39 is 93.0 Å². The van der Waals surface area contributed by atoms with Crippen LogP contribution >= 0.6 is 0 Å². The molecule has 0 aliphatic rings. The number of carboxylic acid groups (broad SMARTS) is 3. The number of aliphatic hydroxyl groups is 4. The van der Waals surface area contributed by atoms with E-state index in [4.69, 9.17) is 24.8 Å². The fraction of sp³-hybridized carbons (Fsp3) is 0.409. The Morgan fingerprint density at radius 3 is 1.50 bits per heavy atom. The van der Waals surface area contributed by atoms with Crippen molar-refractivity contribution in [1.82, 2.24) is 19.9 Å². The molecule has 0 spiro atoms. The third-order valence-corrected chi connectivity index (χ3v) is 15.8. The minimum absolute atomic E-state index is 0.0560. The van der Waals surface area contributed by atoms with Crippen LogP contribution < -0.4 is 13.3 Å². The number of ether oxygens (including phenoxy) is 2. The Kier molecular flexibility index (Phi) is 31.8. The highest BCUT2D eigenvalue weighted by Crippen LogP contribution is 2.35. The highest BCUT2D eigenvalue weighted by molar-refractivity contribution is 7.92. The monoisotopic (exact) mass is 1320 g/mol. The van der Waals surface area contributed by atoms with Gasteiger partial charge in [0.05, 0.1) is 79.2 Å². The summed E-state index contributed by atoms with van der Waals surface area (Å²) in [5.41, 5.74) is 6.40. The maximum Gasteiger partial charge on any atom is 0.333 e. The van der Waals surface area contributed by atoms with Gasteiger partial charge in [-0.3, -0.25) is 9.59 Å². The summed E-state index contributed by atoms with van der Waals surface area (Å²) in [6.07, 6.45) is 2.15. The number of sulfonamides is 2. The molecule has 0 fully saturated rings. The summed E-state index contributed by atoms with van der Waals surface area (Å²) < 4.78 is 88.5. The van der Waals surface area contributed by atoms with E-state index in [1.165, 1.54) is 80.4 Å². The maximum atomic E-state index is 13.8. The second-order valence-corrected chi connectivity index (χ2v) is 25.6. The predicted octanol–water partition coefficient (Wildman–Crippen LogP) is 9.48. The van der Waals surface area contributed by atoms with Crippen molar-refractivity contribution in [1.29, 1.82) is 0 Å². The zero-order chi connectivity index (χ0) is 69.2. The molecular weight excluding hydrogens is 1230 g/mol. The van der Waals surface area contributed by atoms with Crippen molar-refractivity contribution in [2.24, 2.45) is 0 Å². The first-order chi connectivity index (χ1) is 43.2. The maximum absolute atomic E-state index is 13.8. The van der Waals surface area contributed by atoms with Gasteiger partial charge in [-0.25, -0.2) is 59.0 Å². The molecular formula is C66H86F2N6O16S2. The van der Waals surface area contributed by atoms with Gasteiger partial charge in [-0.1, -0.05) is 108 Å². The van der Waals surface area contributed by atoms with Crippen LogP contribution in [-0.2, 0) is 52.0 Å². The molecule has 6 aromatic rings. The fourth-order valence-corrected chi connectivity index (χ4v) is 9.40. The lowest BCUT2D eigenvalue weighted by Gasteiger charge is -2.21. The lowest BCUT2D eigenvalue weighted by atomic mass is 9.95. The van der Waals surface area contributed by atoms with Crippen molar-refractivity contribution >= 4 is 62.0 Å². The van der Waals surface area contributed by atoms with E-state index in [1.54, 1.807) is 19.9 Å². The number of benzene rings is 4. The van der Waals surface area contributed by atoms with Crippen LogP contribution in [0.2, 0.25) is 0 Å². The lowest BCUT2D eigenvalue weighted by molar-refractivity contribution is -0.150. The molecule has 0 aliphatic heterocycles. The van der Waals surface area contributed by atoms with Crippen LogP contribution in [0.4, 0.5) is 20.7 Å². The van der Waals surface area contributed by atoms with Crippen molar-refractivity contribution in [3.8, 4) is 28.3 Å². The molecule has 26 heteroatoms. The smallest absolute Gasteiger partial charge is 0.333 e. The highest BCUT2D eigenvalue weighted by Gasteiger charge is 2.26. The van der Waals surface area contributed by atoms with E-state index in [2.05, 4.69) is 32.1 Å². The summed E-state index contributed by atoms with van der Waals surface area (Å²) in [5.74, 6) is -3.87. The third kappa shape index (κ3) is 25.9. The van der Waals surface area contributed by atoms with Crippen molar-refractivity contribution in [2.75, 3.05) is 48.4 Å². The molecule has 22 nitrogen and oxygen atoms in total. The summed E-state index contributed by atoms with van der Waals surface area (Å²) in [7, 11) is -4.65. The number of aliphatic hydroxyl groups excluding tert-OH is 4. The first-order valence-electron chi connectivity index (χ1n) is 29.5. The Morgan fingerprint density at radius 2 is 1.08 bits per heavy atom. The van der Waals surface area contributed by atoms with Crippen LogP contribution in [0, 0.1) is 18.6 Å². The van der Waals surface area contributed by atoms with Crippen LogP contribution in [0.5, 0.6) is 5.75 Å². The number of hydrogen-bond acceptors (Lipinski definition) is 17. The van der Waals surface area contributed by atoms with Crippen molar-refractivity contribution in [3.05, 3.63) is 160 Å². The number of halogens is 2. The minimum Gasteiger partial charge on any atom is -0.493 e. The molecule has 5 atom stereocenters. The summed E-state index contributed by atoms with van der Waals surface area (Å²) in [6.45, 7) is 15.9. The predicted molar refractivity (Wildman–Crippen MR) is 350 cm³/mol. The summed E-state index contributed by atoms with van der Waals surface area (Å²) in [5, 5.41) is 66.8. The number of nitrogens with zero attached hydrogens (tertiary/aromatic N) is 6. The number of hydrogen-bond donors (Lipinski definition) is 7. The number of aromatic nitrogens is 4. The average Bonchev–Trinajstić information content (AvgIpc) is 0.849. The van der Waals surface area contributed by atoms with E-state index in [0.29, 0.717) is 70.2 Å². The largest absolute Gasteiger partial charge is 0.493 e. The van der Waals surface area contributed by atoms with Crippen LogP contribution in [0.1, 0.15) is 125 Å². The van der Waals surface area contributed by atoms with Gasteiger partial charge in [-0.15, -0.1) is 0 Å². The Hall–Kier alpha value is -8.11. The second-order valence-electron chi connectivity index (χ2n) is 21.6. The molecule has 0 radical (unpaired) electrons. The normalized spacial score (nSPS) is 13.2. The van der Waals surface area contributed by atoms with Crippen LogP contribution in [0.3, 0.4) is 0 Å². The minimum atomic E-state index is -3.66. The standard InChI is InChI=1S/C23H30FN3O6S.C22H28FN3O6S.C19H22O4.C2H6/c1-13(2)21-19(9-7-16(28)11-17(29)12-20(30)31)22(18-8-6-15(24)10-14(18)3)26-23(25-21)27(4)34(5,32)33;1-13(2)20-18(10-9-16(27)11-17(28)12-19(29)30)21(14-5-7-15(23)8-6-14)25-22(24-20)26(3)33(4,31)32;1-2-22-18(19(20)21)14-16-8-10-17(11-9-16)23-13-12-15-6-4-3-5-7-15;1-2/h6-10,13,16-17,28-29H,11-12H2,1-5H3,(H,30,31);5-10,13,16-17,27-28H,11-12H2,1-4H3,(H,29,30);3-11,18H,2,12-14H2,1H3,(H,20,21);1-2H3/b9-7+;10-9+;;/t2*16-,17-;18-;/m110./s1. The second kappa shape index (κ2) is 37.4. The van der Waals surface area contributed by atoms with E-state index >= 15 is 0 Å². The van der Waals surface area contributed by atoms with Gasteiger partial charge in [0.2, 0.25) is 31.9 Å². The van der Waals surface area contributed by atoms with Gasteiger partial charge in [-0.05, 0) is 97.0 Å². The number of carbonyl (C=O) groups is 3. The first-order valence-corrected chi connectivity index (χ1v) is 33.2. The molecule has 0 amide bonds. The zero-order valence-electron chi connectivity index (χ0n) is 53.8. The van der Waals surface area contributed by atoms with Gasteiger partial charge in [0.25, 0.3) is 0 Å². The summed E-state index contributed by atoms with van der Waals surface area (Å²) in [4.78, 5) is 50.3. The van der Waals surface area contributed by atoms with E-state index in [0.717, 1.165) is 38.9 Å². The number of rotatable bonds is 29. The fourth-order valence-electron chi connectivity index (χ4n) is 8.65. The molecule has 7 N–H and O–H groups in total. The number of anilines is 2. The van der Waals surface area contributed by atoms with Crippen LogP contribution in [0.15, 0.2) is 109 Å². The van der Waals surface area contributed by atoms with E-state index in [-0.39, 0.29) is 36.6 Å². The van der Waals surface area contributed by atoms with Gasteiger partial charge in [0.15, 0.2) is 6.10 Å². The highest BCUT2D eigenvalue weighted by atomic mass is 32.2. The van der Waals surface area contributed by atoms with Crippen LogP contribution in [0.25, 0.3) is 34.7 Å². The molecule has 0 saturated carbocycles. The van der Waals surface area contributed by atoms with E-state index in [9.17, 15) is 60.4 Å². The SMILES string of the molecule is CC.CC(C)c1nc(N(C)S(C)(=O)=O)nc(-c2ccc(F)cc2)c1/C=C/[C@@H](O)C[C@@H](O)CC(=O)O.CCO[C@@H](Cc1ccc(OCCc2ccccc2)cc1)C(=O)O.Cc1cc(F)ccc1-c1nc(N(C)S(C)(=O)=O)nc(C(C)C)c1/C=C/[C@@H](O)C[C@@H](O)CC(=O)O. The van der Waals surface area contributed by atoms with Gasteiger partial charge in [0.1, 0.15) is 17.4 Å².